The van der Waals surface area contributed by atoms with Gasteiger partial charge in [0.1, 0.15) is 0 Å². The van der Waals surface area contributed by atoms with Crippen LogP contribution in [-0.2, 0) is 21.1 Å². The Balaban J connectivity index is 1.44. The lowest BCUT2D eigenvalue weighted by molar-refractivity contribution is -0.121. The molecule has 2 heterocycles. The van der Waals surface area contributed by atoms with Gasteiger partial charge in [-0.3, -0.25) is 4.79 Å². The Morgan fingerprint density at radius 2 is 2.04 bits per heavy atom. The topological polar surface area (TPSA) is 102 Å². The Bertz CT molecular complexity index is 802. The van der Waals surface area contributed by atoms with E-state index in [1.165, 1.54) is 0 Å². The number of rotatable bonds is 6. The molecule has 1 unspecified atom stereocenters. The first kappa shape index (κ1) is 16.6. The number of hydrogen-bond donors (Lipinski definition) is 1. The molecule has 0 bridgehead atoms. The molecule has 0 radical (unpaired) electrons. The van der Waals surface area contributed by atoms with E-state index in [0.717, 1.165) is 5.56 Å². The van der Waals surface area contributed by atoms with Crippen LogP contribution in [0.15, 0.2) is 34.7 Å². The smallest absolute Gasteiger partial charge is 0.247 e. The van der Waals surface area contributed by atoms with Crippen molar-refractivity contribution in [3.63, 3.8) is 0 Å². The van der Waals surface area contributed by atoms with Gasteiger partial charge >= 0.3 is 0 Å². The van der Waals surface area contributed by atoms with Gasteiger partial charge in [0.2, 0.25) is 17.7 Å². The zero-order chi connectivity index (χ0) is 17.0. The third kappa shape index (κ3) is 4.41. The maximum atomic E-state index is 11.9. The molecule has 3 rings (SSSR count). The van der Waals surface area contributed by atoms with E-state index >= 15 is 0 Å². The molecule has 1 aromatic carbocycles. The van der Waals surface area contributed by atoms with Crippen LogP contribution < -0.4 is 5.32 Å². The van der Waals surface area contributed by atoms with Crippen LogP contribution in [0.2, 0.25) is 0 Å². The van der Waals surface area contributed by atoms with Crippen LogP contribution in [0.4, 0.5) is 0 Å². The number of carbonyl (C=O) groups excluding carboxylic acids is 1. The number of amides is 1. The zero-order valence-corrected chi connectivity index (χ0v) is 14.0. The molecule has 128 valence electrons. The average molecular weight is 349 g/mol. The van der Waals surface area contributed by atoms with Crippen LogP contribution in [0, 0.1) is 0 Å². The van der Waals surface area contributed by atoms with E-state index in [9.17, 15) is 13.2 Å². The number of nitrogens with zero attached hydrogens (tertiary/aromatic N) is 2. The molecule has 7 nitrogen and oxygen atoms in total. The van der Waals surface area contributed by atoms with Gasteiger partial charge in [0, 0.05) is 24.4 Å². The third-order valence-corrected chi connectivity index (χ3v) is 5.65. The second kappa shape index (κ2) is 7.12. The van der Waals surface area contributed by atoms with Crippen LogP contribution >= 0.6 is 0 Å². The fourth-order valence-electron chi connectivity index (χ4n) is 2.66. The van der Waals surface area contributed by atoms with Gasteiger partial charge in [0.05, 0.1) is 11.5 Å². The van der Waals surface area contributed by atoms with Crippen molar-refractivity contribution in [1.82, 2.24) is 15.5 Å². The largest absolute Gasteiger partial charge is 0.421 e. The first-order valence-electron chi connectivity index (χ1n) is 7.89. The first-order chi connectivity index (χ1) is 11.5. The monoisotopic (exact) mass is 349 g/mol. The van der Waals surface area contributed by atoms with E-state index in [0.29, 0.717) is 37.5 Å². The summed E-state index contributed by atoms with van der Waals surface area (Å²) in [5, 5.41) is 10.8. The fraction of sp³-hybridized carbons (Fsp3) is 0.438. The minimum absolute atomic E-state index is 0.0445. The van der Waals surface area contributed by atoms with Crippen molar-refractivity contribution in [2.45, 2.75) is 31.7 Å². The summed E-state index contributed by atoms with van der Waals surface area (Å²) < 4.78 is 28.3. The number of benzene rings is 1. The van der Waals surface area contributed by atoms with Gasteiger partial charge < -0.3 is 9.73 Å². The van der Waals surface area contributed by atoms with E-state index in [2.05, 4.69) is 15.5 Å². The summed E-state index contributed by atoms with van der Waals surface area (Å²) in [6, 6.07) is 9.23. The second-order valence-electron chi connectivity index (χ2n) is 5.89. The van der Waals surface area contributed by atoms with Crippen LogP contribution in [-0.4, -0.2) is 42.1 Å². The molecule has 1 amide bonds. The molecular formula is C16H19N3O4S. The van der Waals surface area contributed by atoms with Gasteiger partial charge in [-0.1, -0.05) is 18.2 Å². The van der Waals surface area contributed by atoms with Gasteiger partial charge in [-0.2, -0.15) is 0 Å². The second-order valence-corrected chi connectivity index (χ2v) is 8.12. The maximum Gasteiger partial charge on any atom is 0.247 e. The molecule has 8 heteroatoms. The molecule has 1 fully saturated rings. The number of carbonyl (C=O) groups is 1. The van der Waals surface area contributed by atoms with Crippen molar-refractivity contribution < 1.29 is 17.6 Å². The van der Waals surface area contributed by atoms with Gasteiger partial charge in [0.15, 0.2) is 9.84 Å². The predicted molar refractivity (Wildman–Crippen MR) is 87.9 cm³/mol. The molecule has 0 aliphatic carbocycles. The summed E-state index contributed by atoms with van der Waals surface area (Å²) >= 11 is 0. The molecule has 1 aliphatic rings. The third-order valence-electron chi connectivity index (χ3n) is 3.88. The Hall–Kier alpha value is -2.22. The Morgan fingerprint density at radius 3 is 2.75 bits per heavy atom. The molecule has 1 atom stereocenters. The summed E-state index contributed by atoms with van der Waals surface area (Å²) in [5.74, 6) is 1.02. The molecule has 1 saturated heterocycles. The highest BCUT2D eigenvalue weighted by atomic mass is 32.2. The molecule has 0 spiro atoms. The number of sulfone groups is 1. The fourth-order valence-corrected chi connectivity index (χ4v) is 4.33. The van der Waals surface area contributed by atoms with Crippen molar-refractivity contribution in [2.24, 2.45) is 0 Å². The van der Waals surface area contributed by atoms with Gasteiger partial charge in [0.25, 0.3) is 0 Å². The van der Waals surface area contributed by atoms with E-state index in [1.54, 1.807) is 0 Å². The van der Waals surface area contributed by atoms with Crippen molar-refractivity contribution >= 4 is 15.7 Å². The minimum atomic E-state index is -2.98. The molecule has 0 saturated carbocycles. The first-order valence-corrected chi connectivity index (χ1v) is 9.71. The Morgan fingerprint density at radius 1 is 1.25 bits per heavy atom. The van der Waals surface area contributed by atoms with Crippen LogP contribution in [0.3, 0.4) is 0 Å². The molecule has 1 aliphatic heterocycles. The van der Waals surface area contributed by atoms with Crippen molar-refractivity contribution in [2.75, 3.05) is 11.5 Å². The maximum absolute atomic E-state index is 11.9. The van der Waals surface area contributed by atoms with E-state index in [4.69, 9.17) is 4.42 Å². The molecule has 2 aromatic rings. The highest BCUT2D eigenvalue weighted by molar-refractivity contribution is 7.91. The quantitative estimate of drug-likeness (QED) is 0.845. The Kier molecular flexibility index (Phi) is 4.94. The Labute approximate surface area is 140 Å². The highest BCUT2D eigenvalue weighted by Gasteiger charge is 2.28. The van der Waals surface area contributed by atoms with E-state index in [-0.39, 0.29) is 23.5 Å². The normalized spacial score (nSPS) is 19.2. The van der Waals surface area contributed by atoms with Gasteiger partial charge in [-0.25, -0.2) is 8.42 Å². The molecular weight excluding hydrogens is 330 g/mol. The summed E-state index contributed by atoms with van der Waals surface area (Å²) in [6.45, 7) is 0. The van der Waals surface area contributed by atoms with E-state index in [1.807, 2.05) is 30.3 Å². The standard InChI is InChI=1S/C16H19N3O4S/c20-14(17-13-9-10-24(21,22)11-13)7-4-8-15-18-19-16(23-15)12-5-2-1-3-6-12/h1-3,5-6,13H,4,7-11H2,(H,17,20). The van der Waals surface area contributed by atoms with Gasteiger partial charge in [-0.05, 0) is 25.0 Å². The number of hydrogen-bond acceptors (Lipinski definition) is 6. The lowest BCUT2D eigenvalue weighted by Crippen LogP contribution is -2.35. The summed E-state index contributed by atoms with van der Waals surface area (Å²) in [7, 11) is -2.98. The van der Waals surface area contributed by atoms with Gasteiger partial charge in [-0.15, -0.1) is 10.2 Å². The number of aromatic nitrogens is 2. The van der Waals surface area contributed by atoms with Crippen LogP contribution in [0.1, 0.15) is 25.2 Å². The molecule has 1 aromatic heterocycles. The lowest BCUT2D eigenvalue weighted by atomic mass is 10.2. The van der Waals surface area contributed by atoms with Crippen LogP contribution in [0.25, 0.3) is 11.5 Å². The molecule has 1 N–H and O–H groups in total. The zero-order valence-electron chi connectivity index (χ0n) is 13.1. The number of nitrogens with one attached hydrogen (secondary N) is 1. The van der Waals surface area contributed by atoms with Crippen molar-refractivity contribution in [3.05, 3.63) is 36.2 Å². The number of aryl methyl sites for hydroxylation is 1. The van der Waals surface area contributed by atoms with E-state index < -0.39 is 9.84 Å². The predicted octanol–water partition coefficient (Wildman–Crippen LogP) is 1.36. The highest BCUT2D eigenvalue weighted by Crippen LogP contribution is 2.17. The van der Waals surface area contributed by atoms with Crippen LogP contribution in [0.5, 0.6) is 0 Å². The molecule has 24 heavy (non-hydrogen) atoms. The summed E-state index contributed by atoms with van der Waals surface area (Å²) in [6.07, 6.45) is 1.88. The lowest BCUT2D eigenvalue weighted by Gasteiger charge is -2.10. The average Bonchev–Trinajstić information content (AvgIpc) is 3.15. The van der Waals surface area contributed by atoms with Crippen molar-refractivity contribution in [3.8, 4) is 11.5 Å². The summed E-state index contributed by atoms with van der Waals surface area (Å²) in [4.78, 5) is 11.9. The minimum Gasteiger partial charge on any atom is -0.421 e. The SMILES string of the molecule is O=C(CCCc1nnc(-c2ccccc2)o1)NC1CCS(=O)(=O)C1. The summed E-state index contributed by atoms with van der Waals surface area (Å²) in [5.41, 5.74) is 0.858. The van der Waals surface area contributed by atoms with Crippen molar-refractivity contribution in [1.29, 1.82) is 0 Å².